The summed E-state index contributed by atoms with van der Waals surface area (Å²) in [6.07, 6.45) is -0.709. The molecule has 0 bridgehead atoms. The maximum Gasteiger partial charge on any atom is 0.412 e. The lowest BCUT2D eigenvalue weighted by molar-refractivity contribution is -0.136. The third-order valence-electron chi connectivity index (χ3n) is 5.53. The molecular formula is C22H18ClF2N3O5. The van der Waals surface area contributed by atoms with Crippen molar-refractivity contribution in [2.24, 2.45) is 0 Å². The van der Waals surface area contributed by atoms with Crippen molar-refractivity contribution in [3.63, 3.8) is 0 Å². The molecule has 0 radical (unpaired) electrons. The second-order valence-corrected chi connectivity index (χ2v) is 8.15. The third kappa shape index (κ3) is 4.38. The van der Waals surface area contributed by atoms with Crippen molar-refractivity contribution in [2.45, 2.75) is 39.0 Å². The Labute approximate surface area is 191 Å². The maximum atomic E-state index is 14.1. The Balaban J connectivity index is 1.41. The lowest BCUT2D eigenvalue weighted by Crippen LogP contribution is -2.52. The number of halogens is 3. The van der Waals surface area contributed by atoms with Crippen molar-refractivity contribution in [3.8, 4) is 0 Å². The second-order valence-electron chi connectivity index (χ2n) is 7.77. The van der Waals surface area contributed by atoms with Crippen molar-refractivity contribution in [2.75, 3.05) is 5.32 Å². The topological polar surface area (TPSA) is 105 Å². The summed E-state index contributed by atoms with van der Waals surface area (Å²) >= 11 is 5.75. The smallest absolute Gasteiger partial charge is 0.412 e. The number of hydrogen-bond acceptors (Lipinski definition) is 5. The zero-order chi connectivity index (χ0) is 23.9. The van der Waals surface area contributed by atoms with Gasteiger partial charge in [-0.25, -0.2) is 13.6 Å². The molecule has 33 heavy (non-hydrogen) atoms. The van der Waals surface area contributed by atoms with Gasteiger partial charge in [-0.15, -0.1) is 0 Å². The van der Waals surface area contributed by atoms with Gasteiger partial charge in [-0.3, -0.25) is 25.0 Å². The predicted molar refractivity (Wildman–Crippen MR) is 112 cm³/mol. The number of fused-ring (bicyclic) bond motifs is 1. The summed E-state index contributed by atoms with van der Waals surface area (Å²) in [4.78, 5) is 49.8. The van der Waals surface area contributed by atoms with Gasteiger partial charge in [-0.1, -0.05) is 23.7 Å². The van der Waals surface area contributed by atoms with E-state index in [0.717, 1.165) is 6.07 Å². The molecule has 8 nitrogen and oxygen atoms in total. The number of nitrogens with zero attached hydrogens (tertiary/aromatic N) is 1. The number of amides is 4. The number of nitrogens with one attached hydrogen (secondary N) is 2. The highest BCUT2D eigenvalue weighted by molar-refractivity contribution is 6.31. The van der Waals surface area contributed by atoms with E-state index in [9.17, 15) is 28.0 Å². The van der Waals surface area contributed by atoms with Crippen LogP contribution in [0.2, 0.25) is 5.02 Å². The van der Waals surface area contributed by atoms with Crippen LogP contribution in [0.5, 0.6) is 0 Å². The largest absolute Gasteiger partial charge is 0.444 e. The van der Waals surface area contributed by atoms with Crippen LogP contribution in [-0.4, -0.2) is 34.8 Å². The van der Waals surface area contributed by atoms with E-state index in [0.29, 0.717) is 16.7 Å². The molecule has 0 aromatic heterocycles. The van der Waals surface area contributed by atoms with Crippen LogP contribution in [0.1, 0.15) is 39.9 Å². The first-order chi connectivity index (χ1) is 15.7. The molecular weight excluding hydrogens is 460 g/mol. The van der Waals surface area contributed by atoms with Crippen LogP contribution in [0.25, 0.3) is 0 Å². The molecule has 2 aromatic rings. The second kappa shape index (κ2) is 8.78. The molecule has 172 valence electrons. The minimum absolute atomic E-state index is 0.151. The zero-order valence-corrected chi connectivity index (χ0v) is 18.1. The first-order valence-corrected chi connectivity index (χ1v) is 10.4. The van der Waals surface area contributed by atoms with E-state index in [1.807, 2.05) is 5.32 Å². The summed E-state index contributed by atoms with van der Waals surface area (Å²) in [5.74, 6) is -3.36. The number of anilines is 1. The van der Waals surface area contributed by atoms with Crippen molar-refractivity contribution in [3.05, 3.63) is 63.2 Å². The number of carbonyl (C=O) groups is 4. The van der Waals surface area contributed by atoms with Crippen LogP contribution in [0.3, 0.4) is 0 Å². The molecule has 0 saturated carbocycles. The number of ether oxygens (including phenoxy) is 1. The molecule has 2 aliphatic rings. The van der Waals surface area contributed by atoms with Crippen molar-refractivity contribution in [1.82, 2.24) is 10.2 Å². The Morgan fingerprint density at radius 2 is 2.03 bits per heavy atom. The summed E-state index contributed by atoms with van der Waals surface area (Å²) in [5, 5.41) is 3.91. The predicted octanol–water partition coefficient (Wildman–Crippen LogP) is 3.44. The van der Waals surface area contributed by atoms with Gasteiger partial charge in [0.1, 0.15) is 24.2 Å². The Morgan fingerprint density at radius 1 is 1.27 bits per heavy atom. The quantitative estimate of drug-likeness (QED) is 0.518. The monoisotopic (exact) mass is 477 g/mol. The molecule has 0 spiro atoms. The molecule has 4 rings (SSSR count). The Hall–Kier alpha value is -3.53. The van der Waals surface area contributed by atoms with Crippen molar-refractivity contribution < 1.29 is 32.7 Å². The summed E-state index contributed by atoms with van der Waals surface area (Å²) in [6, 6.07) is 5.09. The van der Waals surface area contributed by atoms with E-state index in [4.69, 9.17) is 16.3 Å². The average Bonchev–Trinajstić information content (AvgIpc) is 3.09. The first kappa shape index (κ1) is 22.7. The van der Waals surface area contributed by atoms with Crippen LogP contribution in [0.15, 0.2) is 24.3 Å². The van der Waals surface area contributed by atoms with Crippen molar-refractivity contribution >= 4 is 41.1 Å². The fourth-order valence-corrected chi connectivity index (χ4v) is 3.96. The number of piperidine rings is 1. The number of hydrogen-bond donors (Lipinski definition) is 2. The zero-order valence-electron chi connectivity index (χ0n) is 17.3. The van der Waals surface area contributed by atoms with E-state index in [-0.39, 0.29) is 48.4 Å². The van der Waals surface area contributed by atoms with Gasteiger partial charge < -0.3 is 9.64 Å². The molecule has 2 heterocycles. The van der Waals surface area contributed by atoms with Gasteiger partial charge in [0.05, 0.1) is 5.02 Å². The molecule has 1 atom stereocenters. The maximum absolute atomic E-state index is 14.1. The number of carbonyl (C=O) groups excluding carboxylic acids is 4. The highest BCUT2D eigenvalue weighted by atomic mass is 35.5. The highest BCUT2D eigenvalue weighted by Crippen LogP contribution is 2.30. The molecule has 11 heteroatoms. The van der Waals surface area contributed by atoms with Crippen LogP contribution >= 0.6 is 11.6 Å². The molecule has 1 unspecified atom stereocenters. The van der Waals surface area contributed by atoms with Gasteiger partial charge in [0, 0.05) is 18.5 Å². The molecule has 2 aliphatic heterocycles. The molecule has 4 amide bonds. The fraction of sp³-hybridized carbons (Fsp3) is 0.273. The Bertz CT molecular complexity index is 1200. The Kier molecular flexibility index (Phi) is 6.03. The van der Waals surface area contributed by atoms with E-state index in [2.05, 4.69) is 5.32 Å². The first-order valence-electron chi connectivity index (χ1n) is 10.00. The van der Waals surface area contributed by atoms with Gasteiger partial charge in [0.15, 0.2) is 5.82 Å². The van der Waals surface area contributed by atoms with Crippen LogP contribution in [-0.2, 0) is 27.5 Å². The van der Waals surface area contributed by atoms with Crippen LogP contribution in [0.4, 0.5) is 19.3 Å². The van der Waals surface area contributed by atoms with Crippen LogP contribution in [0, 0.1) is 18.6 Å². The fourth-order valence-electron chi connectivity index (χ4n) is 3.81. The van der Waals surface area contributed by atoms with E-state index in [1.165, 1.54) is 17.9 Å². The summed E-state index contributed by atoms with van der Waals surface area (Å²) in [6.45, 7) is 1.37. The summed E-state index contributed by atoms with van der Waals surface area (Å²) in [7, 11) is 0. The number of imide groups is 1. The van der Waals surface area contributed by atoms with Gasteiger partial charge in [0.25, 0.3) is 5.91 Å². The number of aryl methyl sites for hydroxylation is 1. The molecule has 2 aromatic carbocycles. The molecule has 1 saturated heterocycles. The van der Waals surface area contributed by atoms with Crippen LogP contribution < -0.4 is 10.6 Å². The molecule has 1 fully saturated rings. The van der Waals surface area contributed by atoms with Gasteiger partial charge >= 0.3 is 6.09 Å². The summed E-state index contributed by atoms with van der Waals surface area (Å²) < 4.78 is 33.2. The SMILES string of the molecule is Cc1cc(F)c(NC(=O)OCc2ccc3c(c2)C(=O)N(C2CCC(=O)NC2=O)C3)c(F)c1Cl. The lowest BCUT2D eigenvalue weighted by atomic mass is 10.0. The minimum atomic E-state index is -1.11. The standard InChI is InChI=1S/C22H18ClF2N3O5/c1-10-6-14(24)19(18(25)17(10)23)27-22(32)33-9-11-2-3-12-8-28(21(31)13(12)7-11)15-4-5-16(29)26-20(15)30/h2-3,6-7,15H,4-5,8-9H2,1H3,(H,27,32)(H,26,29,30). The van der Waals surface area contributed by atoms with E-state index in [1.54, 1.807) is 12.1 Å². The van der Waals surface area contributed by atoms with E-state index < -0.39 is 35.4 Å². The van der Waals surface area contributed by atoms with Gasteiger partial charge in [0.2, 0.25) is 11.8 Å². The number of benzene rings is 2. The van der Waals surface area contributed by atoms with Crippen molar-refractivity contribution in [1.29, 1.82) is 0 Å². The third-order valence-corrected chi connectivity index (χ3v) is 5.99. The summed E-state index contributed by atoms with van der Waals surface area (Å²) in [5.41, 5.74) is 0.963. The number of rotatable bonds is 4. The average molecular weight is 478 g/mol. The molecule has 2 N–H and O–H groups in total. The molecule has 0 aliphatic carbocycles. The minimum Gasteiger partial charge on any atom is -0.444 e. The normalized spacial score (nSPS) is 17.6. The Morgan fingerprint density at radius 3 is 2.76 bits per heavy atom. The van der Waals surface area contributed by atoms with Gasteiger partial charge in [-0.05, 0) is 42.2 Å². The highest BCUT2D eigenvalue weighted by Gasteiger charge is 2.39. The van der Waals surface area contributed by atoms with E-state index >= 15 is 0 Å². The van der Waals surface area contributed by atoms with Gasteiger partial charge in [-0.2, -0.15) is 0 Å². The lowest BCUT2D eigenvalue weighted by Gasteiger charge is -2.29.